The zero-order valence-corrected chi connectivity index (χ0v) is 28.8. The molecule has 0 bridgehead atoms. The third kappa shape index (κ3) is 2310000. The van der Waals surface area contributed by atoms with Gasteiger partial charge in [0.05, 0.1) is 0 Å². The number of rotatable bonds is 0. The maximum Gasteiger partial charge on any atom is 3.00 e. The molecule has 45 heavy (non-hydrogen) atoms. The molecule has 0 saturated carbocycles. The first-order valence-corrected chi connectivity index (χ1v) is 8.00. The van der Waals surface area contributed by atoms with Crippen LogP contribution in [0.3, 0.4) is 0 Å². The molecule has 0 aliphatic rings. The minimum Gasteiger partial charge on any atom is -0.759 e. The van der Waals surface area contributed by atoms with Gasteiger partial charge in [0.15, 0.2) is 0 Å². The Hall–Kier alpha value is 0.184. The molecule has 309 valence electrons. The molecule has 0 aromatic carbocycles. The molecule has 38 nitrogen and oxygen atoms in total. The normalized spacial score (nSPS) is 5.16. The van der Waals surface area contributed by atoms with Gasteiger partial charge in [0.1, 0.15) is 0 Å². The topological polar surface area (TPSA) is 1040 Å². The summed E-state index contributed by atoms with van der Waals surface area (Å²) in [4.78, 5) is 0. The van der Waals surface area contributed by atoms with Crippen LogP contribution in [0.5, 0.6) is 0 Å². The van der Waals surface area contributed by atoms with E-state index in [1.165, 1.54) is 0 Å². The number of hydrogen-bond acceptors (Lipinski definition) is 16. The van der Waals surface area contributed by atoms with Gasteiger partial charge in [-0.25, -0.2) is 0 Å². The smallest absolute Gasteiger partial charge is 0.759 e. The third-order valence-electron chi connectivity index (χ3n) is 0. The molecule has 0 aromatic heterocycles. The minimum atomic E-state index is -5.17. The van der Waals surface area contributed by atoms with E-state index in [2.05, 4.69) is 0 Å². The van der Waals surface area contributed by atoms with Gasteiger partial charge >= 0.3 is 51.8 Å². The molecule has 0 aliphatic carbocycles. The monoisotopic (exact) mass is 906 g/mol. The third-order valence-corrected chi connectivity index (χ3v) is 0. The number of hydrogen-bond donors (Lipinski definition) is 0. The fourth-order valence-electron chi connectivity index (χ4n) is 0. The summed E-state index contributed by atoms with van der Waals surface area (Å²) < 4.78 is 136. The minimum absolute atomic E-state index is 0. The molecule has 1 radical (unpaired) electrons. The summed E-state index contributed by atoms with van der Waals surface area (Å²) in [5, 5.41) is 0. The zero-order chi connectivity index (χ0) is 18.0. The molecular formula is H61Al2MnO38S4+17. The first kappa shape index (κ1) is 337. The molecular weight excluding hydrogens is 845 g/mol. The summed E-state index contributed by atoms with van der Waals surface area (Å²) >= 11 is 0. The average molecular weight is 907 g/mol. The second-order valence-corrected chi connectivity index (χ2v) is 4.90. The van der Waals surface area contributed by atoms with Crippen molar-refractivity contribution < 1.29 is 208 Å². The Kier molecular flexibility index (Phi) is 1050. The van der Waals surface area contributed by atoms with Crippen molar-refractivity contribution in [2.45, 2.75) is 0 Å². The fourth-order valence-corrected chi connectivity index (χ4v) is 0. The van der Waals surface area contributed by atoms with Crippen molar-refractivity contribution in [2.24, 2.45) is 0 Å². The van der Waals surface area contributed by atoms with Crippen LogP contribution in [0.4, 0.5) is 0 Å². The van der Waals surface area contributed by atoms with Crippen LogP contribution in [0, 0.1) is 0 Å². The molecule has 0 unspecified atom stereocenters. The molecule has 0 saturated heterocycles. The molecule has 0 fully saturated rings. The van der Waals surface area contributed by atoms with E-state index >= 15 is 0 Å². The Balaban J connectivity index is -0.00000000237. The van der Waals surface area contributed by atoms with Crippen LogP contribution < -0.4 is 0 Å². The van der Waals surface area contributed by atoms with Crippen LogP contribution in [-0.4, -0.2) is 132 Å². The van der Waals surface area contributed by atoms with Gasteiger partial charge in [-0.1, -0.05) is 0 Å². The Bertz CT molecular complexity index is 491. The van der Waals surface area contributed by atoms with Crippen LogP contribution in [0.1, 0.15) is 0 Å². The molecule has 0 heterocycles. The largest absolute Gasteiger partial charge is 3.00 e. The van der Waals surface area contributed by atoms with Gasteiger partial charge in [0, 0.05) is 41.6 Å². The maximum atomic E-state index is 8.52. The van der Waals surface area contributed by atoms with Crippen LogP contribution in [0.15, 0.2) is 0 Å². The van der Waals surface area contributed by atoms with E-state index in [0.29, 0.717) is 0 Å². The predicted molar refractivity (Wildman–Crippen MR) is 154 cm³/mol. The molecule has 0 aromatic rings. The second kappa shape index (κ2) is 141. The first-order chi connectivity index (χ1) is 8.00. The fraction of sp³-hybridized carbons (Fsp3) is 0. The van der Waals surface area contributed by atoms with E-state index in [0.717, 1.165) is 0 Å². The van der Waals surface area contributed by atoms with Crippen molar-refractivity contribution in [3.05, 3.63) is 0 Å². The maximum absolute atomic E-state index is 8.52. The standard InChI is InChI=1S/2Al.Mn.4H2O4S.22H2O/c;;;4*1-5(2,3)4;;;;;;;;;;;;;;;;;;;;;;/h;;;4*(H2,1,2,3,4);22*1H2/q2*+3;+2;;;;;;;;;;;;;;;;;;;;;;;;;;/p+9. The zero-order valence-electron chi connectivity index (χ0n) is 22.0. The van der Waals surface area contributed by atoms with Crippen molar-refractivity contribution in [1.29, 1.82) is 0 Å². The van der Waals surface area contributed by atoms with Crippen LogP contribution in [0.25, 0.3) is 0 Å². The summed E-state index contributed by atoms with van der Waals surface area (Å²) in [5.74, 6) is 0. The van der Waals surface area contributed by atoms with Gasteiger partial charge in [0.25, 0.3) is 0 Å². The van der Waals surface area contributed by atoms with Crippen LogP contribution in [-0.2, 0) is 152 Å². The molecule has 0 atom stereocenters. The van der Waals surface area contributed by atoms with Crippen LogP contribution >= 0.6 is 0 Å². The Morgan fingerprint density at radius 3 is 0.222 bits per heavy atom. The molecule has 0 amide bonds. The van der Waals surface area contributed by atoms with Gasteiger partial charge < -0.3 is 157 Å². The van der Waals surface area contributed by atoms with Crippen LogP contribution in [0.2, 0.25) is 0 Å². The molecule has 61 N–H and O–H groups in total. The van der Waals surface area contributed by atoms with Crippen molar-refractivity contribution in [3.63, 3.8) is 0 Å². The summed E-state index contributed by atoms with van der Waals surface area (Å²) in [6.07, 6.45) is 0. The average Bonchev–Trinajstić information content (AvgIpc) is 1.62. The van der Waals surface area contributed by atoms with Gasteiger partial charge in [-0.05, 0) is 0 Å². The molecule has 0 rings (SSSR count). The van der Waals surface area contributed by atoms with E-state index in [9.17, 15) is 0 Å². The molecule has 45 heteroatoms. The Morgan fingerprint density at radius 1 is 0.222 bits per heavy atom. The molecule has 0 spiro atoms. The second-order valence-electron chi connectivity index (χ2n) is 1.63. The Labute approximate surface area is 283 Å². The van der Waals surface area contributed by atoms with E-state index in [-0.39, 0.29) is 172 Å². The van der Waals surface area contributed by atoms with Crippen molar-refractivity contribution in [1.82, 2.24) is 0 Å². The summed E-state index contributed by atoms with van der Waals surface area (Å²) in [6.45, 7) is 0. The van der Waals surface area contributed by atoms with Gasteiger partial charge in [-0.15, -0.1) is 0 Å². The van der Waals surface area contributed by atoms with Crippen molar-refractivity contribution in [2.75, 3.05) is 0 Å². The van der Waals surface area contributed by atoms with E-state index in [4.69, 9.17) is 70.1 Å². The van der Waals surface area contributed by atoms with E-state index in [1.807, 2.05) is 0 Å². The van der Waals surface area contributed by atoms with Gasteiger partial charge in [-0.3, -0.25) is 33.7 Å². The van der Waals surface area contributed by atoms with Crippen molar-refractivity contribution in [3.8, 4) is 0 Å². The summed E-state index contributed by atoms with van der Waals surface area (Å²) in [5.41, 5.74) is 0. The van der Waals surface area contributed by atoms with Crippen molar-refractivity contribution >= 4 is 76.3 Å². The predicted octanol–water partition coefficient (Wildman–Crippen LogP) is -25.9. The van der Waals surface area contributed by atoms with E-state index in [1.54, 1.807) is 0 Å². The van der Waals surface area contributed by atoms with Gasteiger partial charge in [-0.2, -0.15) is 0 Å². The first-order valence-electron chi connectivity index (χ1n) is 2.67. The summed E-state index contributed by atoms with van der Waals surface area (Å²) in [7, 11) is -20.7. The van der Waals surface area contributed by atoms with E-state index < -0.39 is 41.6 Å². The summed E-state index contributed by atoms with van der Waals surface area (Å²) in [6, 6.07) is 0. The SMILES string of the molecule is O.O.O.O.O.O=S(=O)([O-])[O-].O=S(=O)([O-])[O-].O=S(=O)([O-])[O-].O=S(=O)([O-])[O-].[Al+3].[Al+3].[Mn+2].[OH3+].[OH3+].[OH3+].[OH3+].[OH3+].[OH3+].[OH3+].[OH3+].[OH3+].[OH3+].[OH3+].[OH3+].[OH3+].[OH3+].[OH3+].[OH3+].[OH3+]. The Morgan fingerprint density at radius 2 is 0.222 bits per heavy atom. The molecule has 0 aliphatic heterocycles. The quantitative estimate of drug-likeness (QED) is 0.0942. The van der Waals surface area contributed by atoms with Gasteiger partial charge in [0.2, 0.25) is 0 Å².